The molecule has 3 rings (SSSR count). The van der Waals surface area contributed by atoms with E-state index in [0.717, 1.165) is 31.2 Å². The van der Waals surface area contributed by atoms with E-state index in [4.69, 9.17) is 17.0 Å². The highest BCUT2D eigenvalue weighted by Gasteiger charge is 2.25. The molecule has 116 valence electrons. The van der Waals surface area contributed by atoms with Crippen LogP contribution in [0, 0.1) is 0 Å². The van der Waals surface area contributed by atoms with Gasteiger partial charge in [0.05, 0.1) is 12.6 Å². The molecule has 1 saturated heterocycles. The molecule has 1 aliphatic carbocycles. The van der Waals surface area contributed by atoms with Crippen LogP contribution in [0.1, 0.15) is 43.4 Å². The quantitative estimate of drug-likeness (QED) is 0.837. The molecule has 1 aliphatic heterocycles. The van der Waals surface area contributed by atoms with Crippen molar-refractivity contribution in [2.75, 3.05) is 13.2 Å². The molecule has 1 N–H and O–H groups in total. The normalized spacial score (nSPS) is 22.6. The van der Waals surface area contributed by atoms with Crippen LogP contribution in [0.3, 0.4) is 0 Å². The molecule has 2 heterocycles. The molecule has 21 heavy (non-hydrogen) atoms. The van der Waals surface area contributed by atoms with Gasteiger partial charge >= 0.3 is 0 Å². The summed E-state index contributed by atoms with van der Waals surface area (Å²) in [4.78, 5) is 3.80. The van der Waals surface area contributed by atoms with Crippen molar-refractivity contribution in [3.05, 3.63) is 22.4 Å². The summed E-state index contributed by atoms with van der Waals surface area (Å²) in [5.41, 5.74) is 0. The molecule has 1 saturated carbocycles. The van der Waals surface area contributed by atoms with Gasteiger partial charge in [-0.05, 0) is 49.3 Å². The summed E-state index contributed by atoms with van der Waals surface area (Å²) in [5, 5.41) is 6.50. The maximum absolute atomic E-state index is 5.68. The number of rotatable bonds is 5. The largest absolute Gasteiger partial charge is 0.376 e. The second-order valence-electron chi connectivity index (χ2n) is 5.97. The predicted octanol–water partition coefficient (Wildman–Crippen LogP) is 3.55. The van der Waals surface area contributed by atoms with Crippen molar-refractivity contribution in [2.45, 2.75) is 57.2 Å². The fourth-order valence-corrected chi connectivity index (χ4v) is 4.26. The Morgan fingerprint density at radius 3 is 2.86 bits per heavy atom. The zero-order valence-electron chi connectivity index (χ0n) is 12.4. The minimum atomic E-state index is 0.343. The number of ether oxygens (including phenoxy) is 1. The molecule has 0 amide bonds. The third-order valence-electron chi connectivity index (χ3n) is 4.44. The lowest BCUT2D eigenvalue weighted by Crippen LogP contribution is -2.46. The van der Waals surface area contributed by atoms with Crippen molar-refractivity contribution in [1.29, 1.82) is 0 Å². The van der Waals surface area contributed by atoms with Gasteiger partial charge in [0.1, 0.15) is 0 Å². The number of nitrogens with one attached hydrogen (secondary N) is 1. The van der Waals surface area contributed by atoms with Gasteiger partial charge in [0, 0.05) is 24.1 Å². The van der Waals surface area contributed by atoms with Crippen LogP contribution in [0.15, 0.2) is 17.5 Å². The van der Waals surface area contributed by atoms with Gasteiger partial charge < -0.3 is 15.0 Å². The molecule has 0 spiro atoms. The van der Waals surface area contributed by atoms with Gasteiger partial charge in [0.2, 0.25) is 0 Å². The second-order valence-corrected chi connectivity index (χ2v) is 7.39. The van der Waals surface area contributed by atoms with Gasteiger partial charge in [0.25, 0.3) is 0 Å². The van der Waals surface area contributed by atoms with Crippen LogP contribution in [-0.4, -0.2) is 35.3 Å². The molecule has 1 atom stereocenters. The average Bonchev–Trinajstić information content (AvgIpc) is 3.25. The van der Waals surface area contributed by atoms with Crippen molar-refractivity contribution in [3.8, 4) is 0 Å². The zero-order valence-corrected chi connectivity index (χ0v) is 14.1. The smallest absolute Gasteiger partial charge is 0.169 e. The first kappa shape index (κ1) is 15.3. The Kier molecular flexibility index (Phi) is 5.49. The van der Waals surface area contributed by atoms with Crippen molar-refractivity contribution < 1.29 is 4.74 Å². The van der Waals surface area contributed by atoms with Crippen LogP contribution >= 0.6 is 23.6 Å². The summed E-state index contributed by atoms with van der Waals surface area (Å²) in [6.07, 6.45) is 7.89. The number of thiophene rings is 1. The van der Waals surface area contributed by atoms with E-state index in [1.54, 1.807) is 0 Å². The maximum atomic E-state index is 5.68. The van der Waals surface area contributed by atoms with Crippen LogP contribution in [0.4, 0.5) is 0 Å². The molecule has 0 bridgehead atoms. The third-order valence-corrected chi connectivity index (χ3v) is 5.68. The molecular weight excluding hydrogens is 300 g/mol. The van der Waals surface area contributed by atoms with Crippen LogP contribution in [-0.2, 0) is 11.3 Å². The van der Waals surface area contributed by atoms with Crippen LogP contribution in [0.2, 0.25) is 0 Å². The second kappa shape index (κ2) is 7.56. The van der Waals surface area contributed by atoms with Gasteiger partial charge in [-0.3, -0.25) is 0 Å². The van der Waals surface area contributed by atoms with Gasteiger partial charge in [-0.25, -0.2) is 0 Å². The lowest BCUT2D eigenvalue weighted by atomic mass is 10.2. The summed E-state index contributed by atoms with van der Waals surface area (Å²) in [5.74, 6) is 0. The van der Waals surface area contributed by atoms with E-state index in [9.17, 15) is 0 Å². The molecule has 0 aromatic carbocycles. The Morgan fingerprint density at radius 2 is 2.19 bits per heavy atom. The summed E-state index contributed by atoms with van der Waals surface area (Å²) in [7, 11) is 0. The Bertz CT molecular complexity index is 437. The Morgan fingerprint density at radius 1 is 1.33 bits per heavy atom. The topological polar surface area (TPSA) is 24.5 Å². The predicted molar refractivity (Wildman–Crippen MR) is 91.7 cm³/mol. The average molecular weight is 325 g/mol. The lowest BCUT2D eigenvalue weighted by Gasteiger charge is -2.31. The molecule has 3 nitrogen and oxygen atoms in total. The van der Waals surface area contributed by atoms with E-state index < -0.39 is 0 Å². The minimum absolute atomic E-state index is 0.343. The van der Waals surface area contributed by atoms with Gasteiger partial charge in [0.15, 0.2) is 5.11 Å². The highest BCUT2D eigenvalue weighted by Crippen LogP contribution is 2.26. The highest BCUT2D eigenvalue weighted by molar-refractivity contribution is 7.80. The summed E-state index contributed by atoms with van der Waals surface area (Å²) < 4.78 is 5.68. The fourth-order valence-electron chi connectivity index (χ4n) is 3.26. The van der Waals surface area contributed by atoms with Crippen LogP contribution in [0.25, 0.3) is 0 Å². The van der Waals surface area contributed by atoms with E-state index in [-0.39, 0.29) is 0 Å². The van der Waals surface area contributed by atoms with E-state index in [2.05, 4.69) is 27.7 Å². The van der Waals surface area contributed by atoms with E-state index in [0.29, 0.717) is 12.1 Å². The van der Waals surface area contributed by atoms with Gasteiger partial charge in [-0.2, -0.15) is 0 Å². The molecule has 0 radical (unpaired) electrons. The van der Waals surface area contributed by atoms with E-state index in [1.807, 2.05) is 11.3 Å². The first-order valence-electron chi connectivity index (χ1n) is 8.01. The maximum Gasteiger partial charge on any atom is 0.169 e. The monoisotopic (exact) mass is 324 g/mol. The van der Waals surface area contributed by atoms with Gasteiger partial charge in [-0.1, -0.05) is 18.9 Å². The molecule has 1 aromatic heterocycles. The fraction of sp³-hybridized carbons (Fsp3) is 0.688. The van der Waals surface area contributed by atoms with Crippen molar-refractivity contribution in [1.82, 2.24) is 10.2 Å². The Labute approximate surface area is 136 Å². The molecule has 2 fully saturated rings. The summed E-state index contributed by atoms with van der Waals surface area (Å²) >= 11 is 7.50. The molecule has 5 heteroatoms. The SMILES string of the molecule is S=C(NCC1CCCO1)N(Cc1cccs1)C1CCCC1. The van der Waals surface area contributed by atoms with Crippen molar-refractivity contribution in [3.63, 3.8) is 0 Å². The van der Waals surface area contributed by atoms with Crippen molar-refractivity contribution >= 4 is 28.7 Å². The summed E-state index contributed by atoms with van der Waals surface area (Å²) in [6, 6.07) is 4.93. The first-order chi connectivity index (χ1) is 10.3. The highest BCUT2D eigenvalue weighted by atomic mass is 32.1. The molecular formula is C16H24N2OS2. The minimum Gasteiger partial charge on any atom is -0.376 e. The number of hydrogen-bond acceptors (Lipinski definition) is 3. The Hall–Kier alpha value is -0.650. The molecule has 1 unspecified atom stereocenters. The number of hydrogen-bond donors (Lipinski definition) is 1. The molecule has 2 aliphatic rings. The zero-order chi connectivity index (χ0) is 14.5. The summed E-state index contributed by atoms with van der Waals surface area (Å²) in [6.45, 7) is 2.70. The standard InChI is InChI=1S/C16H24N2OS2/c20-16(17-11-14-7-3-9-19-14)18(13-5-1-2-6-13)12-15-8-4-10-21-15/h4,8,10,13-14H,1-3,5-7,9,11-12H2,(H,17,20). The van der Waals surface area contributed by atoms with E-state index in [1.165, 1.54) is 37.0 Å². The van der Waals surface area contributed by atoms with E-state index >= 15 is 0 Å². The van der Waals surface area contributed by atoms with Crippen LogP contribution in [0.5, 0.6) is 0 Å². The molecule has 1 aromatic rings. The Balaban J connectivity index is 1.58. The first-order valence-corrected chi connectivity index (χ1v) is 9.30. The number of thiocarbonyl (C=S) groups is 1. The lowest BCUT2D eigenvalue weighted by molar-refractivity contribution is 0.113. The third kappa shape index (κ3) is 4.18. The van der Waals surface area contributed by atoms with Gasteiger partial charge in [-0.15, -0.1) is 11.3 Å². The van der Waals surface area contributed by atoms with Crippen LogP contribution < -0.4 is 5.32 Å². The number of nitrogens with zero attached hydrogens (tertiary/aromatic N) is 1. The van der Waals surface area contributed by atoms with Crippen molar-refractivity contribution in [2.24, 2.45) is 0 Å².